The van der Waals surface area contributed by atoms with Gasteiger partial charge in [0.05, 0.1) is 6.61 Å². The second-order valence-electron chi connectivity index (χ2n) is 4.59. The minimum atomic E-state index is -0.373. The zero-order valence-corrected chi connectivity index (χ0v) is 11.1. The zero-order valence-electron chi connectivity index (χ0n) is 11.1. The Morgan fingerprint density at radius 3 is 2.00 bits per heavy atom. The molecule has 0 aliphatic heterocycles. The van der Waals surface area contributed by atoms with Gasteiger partial charge in [0.15, 0.2) is 5.78 Å². The smallest absolute Gasteiger partial charge is 0.158 e. The third-order valence-electron chi connectivity index (χ3n) is 3.01. The molecule has 0 spiro atoms. The standard InChI is InChI=1S/C17H18O2/c1-14(18)17(12-15-8-4-2-5-9-15)19-13-16-10-6-3-7-11-16/h2-11,17H,12-13H2,1H3/t17-/m0/s1. The van der Waals surface area contributed by atoms with Crippen molar-refractivity contribution in [2.75, 3.05) is 0 Å². The fourth-order valence-electron chi connectivity index (χ4n) is 1.92. The number of Topliss-reactive ketones (excluding diaryl/α,β-unsaturated/α-hetero) is 1. The van der Waals surface area contributed by atoms with E-state index in [9.17, 15) is 4.79 Å². The fourth-order valence-corrected chi connectivity index (χ4v) is 1.92. The van der Waals surface area contributed by atoms with Gasteiger partial charge in [-0.3, -0.25) is 4.79 Å². The van der Waals surface area contributed by atoms with Crippen LogP contribution < -0.4 is 0 Å². The summed E-state index contributed by atoms with van der Waals surface area (Å²) in [4.78, 5) is 11.6. The Bertz CT molecular complexity index is 505. The van der Waals surface area contributed by atoms with Crippen LogP contribution in [0.4, 0.5) is 0 Å². The molecule has 98 valence electrons. The van der Waals surface area contributed by atoms with Gasteiger partial charge in [0.25, 0.3) is 0 Å². The molecule has 0 N–H and O–H groups in total. The van der Waals surface area contributed by atoms with Gasteiger partial charge in [-0.2, -0.15) is 0 Å². The Balaban J connectivity index is 1.95. The Morgan fingerprint density at radius 2 is 1.47 bits per heavy atom. The summed E-state index contributed by atoms with van der Waals surface area (Å²) in [6.07, 6.45) is 0.255. The number of carbonyl (C=O) groups is 1. The molecule has 0 unspecified atom stereocenters. The number of hydrogen-bond donors (Lipinski definition) is 0. The van der Waals surface area contributed by atoms with Crippen LogP contribution in [0.5, 0.6) is 0 Å². The first-order valence-electron chi connectivity index (χ1n) is 6.45. The summed E-state index contributed by atoms with van der Waals surface area (Å²) in [6.45, 7) is 2.05. The summed E-state index contributed by atoms with van der Waals surface area (Å²) in [6, 6.07) is 19.9. The van der Waals surface area contributed by atoms with Gasteiger partial charge in [-0.15, -0.1) is 0 Å². The Hall–Kier alpha value is -1.93. The molecule has 0 aromatic heterocycles. The van der Waals surface area contributed by atoms with Gasteiger partial charge in [-0.25, -0.2) is 0 Å². The van der Waals surface area contributed by atoms with Gasteiger partial charge in [0.2, 0.25) is 0 Å². The van der Waals surface area contributed by atoms with E-state index in [2.05, 4.69) is 0 Å². The lowest BCUT2D eigenvalue weighted by atomic mass is 10.1. The molecule has 1 atom stereocenters. The van der Waals surface area contributed by atoms with Crippen molar-refractivity contribution in [1.29, 1.82) is 0 Å². The fraction of sp³-hybridized carbons (Fsp3) is 0.235. The number of carbonyl (C=O) groups excluding carboxylic acids is 1. The van der Waals surface area contributed by atoms with Crippen molar-refractivity contribution >= 4 is 5.78 Å². The van der Waals surface area contributed by atoms with Crippen molar-refractivity contribution in [3.63, 3.8) is 0 Å². The number of rotatable bonds is 6. The number of benzene rings is 2. The van der Waals surface area contributed by atoms with Crippen LogP contribution in [0.1, 0.15) is 18.1 Å². The lowest BCUT2D eigenvalue weighted by Gasteiger charge is -2.15. The van der Waals surface area contributed by atoms with Gasteiger partial charge in [-0.1, -0.05) is 60.7 Å². The van der Waals surface area contributed by atoms with E-state index in [1.807, 2.05) is 60.7 Å². The molecule has 0 saturated heterocycles. The molecule has 0 aliphatic rings. The molecular weight excluding hydrogens is 236 g/mol. The normalized spacial score (nSPS) is 12.1. The highest BCUT2D eigenvalue weighted by Gasteiger charge is 2.15. The van der Waals surface area contributed by atoms with Gasteiger partial charge in [0, 0.05) is 6.42 Å². The average Bonchev–Trinajstić information content (AvgIpc) is 2.45. The third kappa shape index (κ3) is 4.34. The minimum Gasteiger partial charge on any atom is -0.365 e. The molecule has 2 heteroatoms. The quantitative estimate of drug-likeness (QED) is 0.789. The van der Waals surface area contributed by atoms with Crippen molar-refractivity contribution in [1.82, 2.24) is 0 Å². The molecule has 0 heterocycles. The van der Waals surface area contributed by atoms with Crippen LogP contribution in [0, 0.1) is 0 Å². The Morgan fingerprint density at radius 1 is 0.947 bits per heavy atom. The molecule has 0 saturated carbocycles. The summed E-state index contributed by atoms with van der Waals surface area (Å²) < 4.78 is 5.74. The van der Waals surface area contributed by atoms with E-state index in [1.54, 1.807) is 6.92 Å². The summed E-state index contributed by atoms with van der Waals surface area (Å²) in [5.41, 5.74) is 2.21. The van der Waals surface area contributed by atoms with Gasteiger partial charge in [-0.05, 0) is 18.1 Å². The third-order valence-corrected chi connectivity index (χ3v) is 3.01. The maximum Gasteiger partial charge on any atom is 0.158 e. The van der Waals surface area contributed by atoms with Crippen LogP contribution in [0.2, 0.25) is 0 Å². The Kier molecular flexibility index (Phi) is 4.87. The second kappa shape index (κ2) is 6.86. The molecule has 0 amide bonds. The van der Waals surface area contributed by atoms with Gasteiger partial charge in [0.1, 0.15) is 6.10 Å². The maximum absolute atomic E-state index is 11.6. The highest BCUT2D eigenvalue weighted by atomic mass is 16.5. The molecular formula is C17H18O2. The second-order valence-corrected chi connectivity index (χ2v) is 4.59. The average molecular weight is 254 g/mol. The maximum atomic E-state index is 11.6. The van der Waals surface area contributed by atoms with E-state index in [0.29, 0.717) is 13.0 Å². The molecule has 0 fully saturated rings. The van der Waals surface area contributed by atoms with Crippen LogP contribution in [0.15, 0.2) is 60.7 Å². The largest absolute Gasteiger partial charge is 0.365 e. The predicted molar refractivity (Wildman–Crippen MR) is 75.8 cm³/mol. The van der Waals surface area contributed by atoms with E-state index in [-0.39, 0.29) is 11.9 Å². The van der Waals surface area contributed by atoms with E-state index in [1.165, 1.54) is 0 Å². The van der Waals surface area contributed by atoms with E-state index in [0.717, 1.165) is 11.1 Å². The topological polar surface area (TPSA) is 26.3 Å². The number of ether oxygens (including phenoxy) is 1. The van der Waals surface area contributed by atoms with Crippen LogP contribution in [-0.2, 0) is 22.6 Å². The summed E-state index contributed by atoms with van der Waals surface area (Å²) in [5.74, 6) is 0.0692. The number of ketones is 1. The van der Waals surface area contributed by atoms with Crippen LogP contribution in [0.25, 0.3) is 0 Å². The molecule has 2 aromatic rings. The van der Waals surface area contributed by atoms with Crippen molar-refractivity contribution in [2.24, 2.45) is 0 Å². The molecule has 0 radical (unpaired) electrons. The first kappa shape index (κ1) is 13.5. The molecule has 0 aliphatic carbocycles. The van der Waals surface area contributed by atoms with Gasteiger partial charge >= 0.3 is 0 Å². The Labute approximate surface area is 114 Å². The summed E-state index contributed by atoms with van der Waals surface area (Å²) in [5, 5.41) is 0. The van der Waals surface area contributed by atoms with Crippen molar-refractivity contribution in [3.05, 3.63) is 71.8 Å². The highest BCUT2D eigenvalue weighted by molar-refractivity contribution is 5.80. The van der Waals surface area contributed by atoms with Crippen LogP contribution in [-0.4, -0.2) is 11.9 Å². The zero-order chi connectivity index (χ0) is 13.5. The lowest BCUT2D eigenvalue weighted by molar-refractivity contribution is -0.129. The SMILES string of the molecule is CC(=O)[C@H](Cc1ccccc1)OCc1ccccc1. The lowest BCUT2D eigenvalue weighted by Crippen LogP contribution is -2.24. The monoisotopic (exact) mass is 254 g/mol. The molecule has 19 heavy (non-hydrogen) atoms. The van der Waals surface area contributed by atoms with Crippen LogP contribution >= 0.6 is 0 Å². The minimum absolute atomic E-state index is 0.0692. The van der Waals surface area contributed by atoms with Crippen molar-refractivity contribution < 1.29 is 9.53 Å². The van der Waals surface area contributed by atoms with E-state index >= 15 is 0 Å². The first-order valence-corrected chi connectivity index (χ1v) is 6.45. The molecule has 0 bridgehead atoms. The van der Waals surface area contributed by atoms with E-state index < -0.39 is 0 Å². The number of hydrogen-bond acceptors (Lipinski definition) is 2. The predicted octanol–water partition coefficient (Wildman–Crippen LogP) is 3.40. The summed E-state index contributed by atoms with van der Waals surface area (Å²) in [7, 11) is 0. The van der Waals surface area contributed by atoms with E-state index in [4.69, 9.17) is 4.74 Å². The van der Waals surface area contributed by atoms with Crippen LogP contribution in [0.3, 0.4) is 0 Å². The first-order chi connectivity index (χ1) is 9.25. The molecule has 2 rings (SSSR count). The molecule has 2 aromatic carbocycles. The molecule has 2 nitrogen and oxygen atoms in total. The van der Waals surface area contributed by atoms with Gasteiger partial charge < -0.3 is 4.74 Å². The van der Waals surface area contributed by atoms with Crippen molar-refractivity contribution in [3.8, 4) is 0 Å². The highest BCUT2D eigenvalue weighted by Crippen LogP contribution is 2.10. The summed E-state index contributed by atoms with van der Waals surface area (Å²) >= 11 is 0. The van der Waals surface area contributed by atoms with Crippen molar-refractivity contribution in [2.45, 2.75) is 26.1 Å².